The lowest BCUT2D eigenvalue weighted by atomic mass is 9.55. The summed E-state index contributed by atoms with van der Waals surface area (Å²) in [6, 6.07) is 4.60. The van der Waals surface area contributed by atoms with Gasteiger partial charge in [-0.1, -0.05) is 38.9 Å². The van der Waals surface area contributed by atoms with Gasteiger partial charge < -0.3 is 0 Å². The number of hydrogen-bond acceptors (Lipinski definition) is 0. The van der Waals surface area contributed by atoms with Crippen molar-refractivity contribution in [2.24, 2.45) is 0 Å². The maximum atomic E-state index is 2.45. The van der Waals surface area contributed by atoms with E-state index in [4.69, 9.17) is 0 Å². The van der Waals surface area contributed by atoms with Gasteiger partial charge in [-0.2, -0.15) is 0 Å². The molecule has 0 unspecified atom stereocenters. The second-order valence-electron chi connectivity index (χ2n) is 4.90. The van der Waals surface area contributed by atoms with Gasteiger partial charge in [0.25, 0.3) is 0 Å². The Labute approximate surface area is 77.8 Å². The largest absolute Gasteiger partial charge is 0.0678 e. The van der Waals surface area contributed by atoms with Crippen LogP contribution in [0.3, 0.4) is 0 Å². The zero-order valence-electron chi connectivity index (χ0n) is 8.74. The molecule has 0 heterocycles. The third kappa shape index (κ3) is 0.787. The Morgan fingerprint density at radius 1 is 1.00 bits per heavy atom. The molecule has 3 aliphatic carbocycles. The van der Waals surface area contributed by atoms with Gasteiger partial charge >= 0.3 is 0 Å². The molecule has 0 amide bonds. The third-order valence-corrected chi connectivity index (χ3v) is 11.8. The quantitative estimate of drug-likeness (QED) is 0.575. The van der Waals surface area contributed by atoms with Crippen LogP contribution < -0.4 is 0 Å². The van der Waals surface area contributed by atoms with Gasteiger partial charge in [-0.15, -0.1) is 0 Å². The van der Waals surface area contributed by atoms with Gasteiger partial charge in [0.1, 0.15) is 0 Å². The van der Waals surface area contributed by atoms with Crippen molar-refractivity contribution >= 4 is 8.07 Å². The monoisotopic (exact) mass is 181 g/mol. The van der Waals surface area contributed by atoms with Crippen LogP contribution in [-0.2, 0) is 0 Å². The molecule has 0 spiro atoms. The topological polar surface area (TPSA) is 0 Å². The lowest BCUT2D eigenvalue weighted by Crippen LogP contribution is -2.61. The van der Waals surface area contributed by atoms with E-state index in [9.17, 15) is 0 Å². The van der Waals surface area contributed by atoms with Gasteiger partial charge in [-0.05, 0) is 30.2 Å². The van der Waals surface area contributed by atoms with E-state index in [1.807, 2.05) is 5.92 Å². The van der Waals surface area contributed by atoms with Crippen LogP contribution in [0.15, 0.2) is 0 Å². The maximum absolute atomic E-state index is 2.45. The lowest BCUT2D eigenvalue weighted by Gasteiger charge is -2.69. The van der Waals surface area contributed by atoms with E-state index >= 15 is 0 Å². The molecule has 2 bridgehead atoms. The summed E-state index contributed by atoms with van der Waals surface area (Å²) in [6.45, 7) is 7.35. The Hall–Kier alpha value is 0.217. The molecule has 0 aromatic heterocycles. The standard InChI is InChI=1S/C11H21Si/c1-4-12(5-2,6-3)11-7-10(8-11)9-11/h4-9H2,1-3H3. The van der Waals surface area contributed by atoms with Crippen LogP contribution in [0.4, 0.5) is 0 Å². The van der Waals surface area contributed by atoms with Crippen LogP contribution in [0.2, 0.25) is 23.2 Å². The van der Waals surface area contributed by atoms with Crippen molar-refractivity contribution in [1.82, 2.24) is 0 Å². The average molecular weight is 181 g/mol. The lowest BCUT2D eigenvalue weighted by molar-refractivity contribution is 0.193. The fourth-order valence-electron chi connectivity index (χ4n) is 3.72. The van der Waals surface area contributed by atoms with Gasteiger partial charge in [0.05, 0.1) is 8.07 Å². The molecule has 0 N–H and O–H groups in total. The van der Waals surface area contributed by atoms with E-state index in [2.05, 4.69) is 20.8 Å². The molecular weight excluding hydrogens is 160 g/mol. The normalized spacial score (nSPS) is 26.2. The zero-order valence-corrected chi connectivity index (χ0v) is 9.74. The molecule has 0 atom stereocenters. The van der Waals surface area contributed by atoms with Gasteiger partial charge in [-0.3, -0.25) is 0 Å². The molecule has 0 aliphatic heterocycles. The van der Waals surface area contributed by atoms with Gasteiger partial charge in [-0.25, -0.2) is 0 Å². The smallest absolute Gasteiger partial charge is 0.0590 e. The fraction of sp³-hybridized carbons (Fsp3) is 0.909. The Morgan fingerprint density at radius 2 is 1.42 bits per heavy atom. The van der Waals surface area contributed by atoms with Crippen LogP contribution in [0.5, 0.6) is 0 Å². The van der Waals surface area contributed by atoms with Gasteiger partial charge in [0.2, 0.25) is 0 Å². The molecule has 0 aromatic carbocycles. The summed E-state index contributed by atoms with van der Waals surface area (Å²) in [6.07, 6.45) is 4.65. The van der Waals surface area contributed by atoms with Crippen LogP contribution in [0.1, 0.15) is 40.0 Å². The molecule has 0 nitrogen and oxygen atoms in total. The predicted molar refractivity (Wildman–Crippen MR) is 57.0 cm³/mol. The van der Waals surface area contributed by atoms with Gasteiger partial charge in [0.15, 0.2) is 0 Å². The molecule has 12 heavy (non-hydrogen) atoms. The van der Waals surface area contributed by atoms with Crippen molar-refractivity contribution in [2.75, 3.05) is 0 Å². The van der Waals surface area contributed by atoms with E-state index in [1.54, 1.807) is 19.3 Å². The summed E-state index contributed by atoms with van der Waals surface area (Å²) >= 11 is 0. The summed E-state index contributed by atoms with van der Waals surface area (Å²) in [5.41, 5.74) is 0. The van der Waals surface area contributed by atoms with E-state index in [0.29, 0.717) is 0 Å². The molecule has 3 saturated carbocycles. The summed E-state index contributed by atoms with van der Waals surface area (Å²) < 4.78 is 0. The average Bonchev–Trinajstić information content (AvgIpc) is 1.94. The Kier molecular flexibility index (Phi) is 1.91. The summed E-state index contributed by atoms with van der Waals surface area (Å²) in [4.78, 5) is 0. The molecule has 0 aromatic rings. The van der Waals surface area contributed by atoms with Crippen LogP contribution in [0.25, 0.3) is 0 Å². The van der Waals surface area contributed by atoms with Crippen molar-refractivity contribution in [3.05, 3.63) is 5.92 Å². The Balaban J connectivity index is 2.14. The fourth-order valence-corrected chi connectivity index (χ4v) is 9.34. The number of hydrogen-bond donors (Lipinski definition) is 0. The van der Waals surface area contributed by atoms with E-state index in [-0.39, 0.29) is 0 Å². The molecule has 3 rings (SSSR count). The highest BCUT2D eigenvalue weighted by Gasteiger charge is 2.65. The summed E-state index contributed by atoms with van der Waals surface area (Å²) in [7, 11) is -0.813. The molecular formula is C11H21Si. The van der Waals surface area contributed by atoms with Gasteiger partial charge in [0, 0.05) is 0 Å². The SMILES string of the molecule is CC[Si](CC)(CC)C12C[C](C1)C2. The van der Waals surface area contributed by atoms with Crippen molar-refractivity contribution in [2.45, 2.75) is 63.2 Å². The van der Waals surface area contributed by atoms with Crippen molar-refractivity contribution in [1.29, 1.82) is 0 Å². The minimum atomic E-state index is -0.813. The van der Waals surface area contributed by atoms with Crippen molar-refractivity contribution in [3.63, 3.8) is 0 Å². The van der Waals surface area contributed by atoms with E-state index < -0.39 is 8.07 Å². The highest BCUT2D eigenvalue weighted by Crippen LogP contribution is 2.77. The highest BCUT2D eigenvalue weighted by atomic mass is 28.3. The van der Waals surface area contributed by atoms with Crippen LogP contribution >= 0.6 is 0 Å². The first-order valence-electron chi connectivity index (χ1n) is 5.55. The molecule has 3 fully saturated rings. The van der Waals surface area contributed by atoms with Crippen LogP contribution in [0, 0.1) is 5.92 Å². The van der Waals surface area contributed by atoms with Crippen molar-refractivity contribution < 1.29 is 0 Å². The first-order valence-corrected chi connectivity index (χ1v) is 8.17. The third-order valence-electron chi connectivity index (χ3n) is 4.92. The second kappa shape index (κ2) is 2.60. The van der Waals surface area contributed by atoms with Crippen molar-refractivity contribution in [3.8, 4) is 0 Å². The molecule has 69 valence electrons. The summed E-state index contributed by atoms with van der Waals surface area (Å²) in [5, 5.41) is 0.931. The Bertz CT molecular complexity index is 156. The minimum Gasteiger partial charge on any atom is -0.0678 e. The highest BCUT2D eigenvalue weighted by molar-refractivity contribution is 6.83. The second-order valence-corrected chi connectivity index (χ2v) is 10.6. The molecule has 1 radical (unpaired) electrons. The summed E-state index contributed by atoms with van der Waals surface area (Å²) in [5.74, 6) is 1.89. The zero-order chi connectivity index (χ0) is 8.82. The first-order chi connectivity index (χ1) is 5.72. The number of rotatable bonds is 4. The molecule has 0 saturated heterocycles. The van der Waals surface area contributed by atoms with Crippen LogP contribution in [-0.4, -0.2) is 8.07 Å². The predicted octanol–water partition coefficient (Wildman–Crippen LogP) is 4.01. The molecule has 3 aliphatic rings. The minimum absolute atomic E-state index is 0.813. The van der Waals surface area contributed by atoms with E-state index in [0.717, 1.165) is 5.04 Å². The first kappa shape index (κ1) is 8.80. The maximum Gasteiger partial charge on any atom is 0.0590 e. The molecule has 1 heteroatoms. The van der Waals surface area contributed by atoms with E-state index in [1.165, 1.54) is 18.1 Å². The Morgan fingerprint density at radius 3 is 1.50 bits per heavy atom.